The quantitative estimate of drug-likeness (QED) is 0.853. The zero-order valence-electron chi connectivity index (χ0n) is 14.8. The summed E-state index contributed by atoms with van der Waals surface area (Å²) in [6, 6.07) is 4.84. The molecule has 0 aliphatic heterocycles. The Balaban J connectivity index is 2.26. The van der Waals surface area contributed by atoms with E-state index in [1.165, 1.54) is 44.2 Å². The summed E-state index contributed by atoms with van der Waals surface area (Å²) in [6.07, 6.45) is -3.32. The molecule has 1 heterocycles. The smallest absolute Gasteiger partial charge is 0.416 e. The van der Waals surface area contributed by atoms with Crippen molar-refractivity contribution in [1.82, 2.24) is 15.2 Å². The van der Waals surface area contributed by atoms with Crippen molar-refractivity contribution in [3.63, 3.8) is 0 Å². The van der Waals surface area contributed by atoms with E-state index in [4.69, 9.17) is 0 Å². The van der Waals surface area contributed by atoms with E-state index >= 15 is 0 Å². The SMILES string of the molecule is CC(NC(=O)c1ncc(-c2cccc(C(F)(F)F)c2)cc1O)C(=O)N(C)C. The van der Waals surface area contributed by atoms with Crippen LogP contribution >= 0.6 is 0 Å². The minimum absolute atomic E-state index is 0.190. The lowest BCUT2D eigenvalue weighted by atomic mass is 10.0. The maximum atomic E-state index is 12.8. The molecule has 1 atom stereocenters. The van der Waals surface area contributed by atoms with Crippen LogP contribution in [0.25, 0.3) is 11.1 Å². The van der Waals surface area contributed by atoms with E-state index in [2.05, 4.69) is 10.3 Å². The van der Waals surface area contributed by atoms with E-state index < -0.39 is 29.4 Å². The van der Waals surface area contributed by atoms with Gasteiger partial charge < -0.3 is 15.3 Å². The van der Waals surface area contributed by atoms with Crippen molar-refractivity contribution in [2.45, 2.75) is 19.1 Å². The number of nitrogens with zero attached hydrogens (tertiary/aromatic N) is 2. The number of aromatic nitrogens is 1. The van der Waals surface area contributed by atoms with Gasteiger partial charge in [0.05, 0.1) is 5.56 Å². The molecule has 0 spiro atoms. The van der Waals surface area contributed by atoms with Crippen molar-refractivity contribution in [1.29, 1.82) is 0 Å². The molecule has 0 bridgehead atoms. The number of hydrogen-bond donors (Lipinski definition) is 2. The van der Waals surface area contributed by atoms with Gasteiger partial charge in [0.15, 0.2) is 5.69 Å². The van der Waals surface area contributed by atoms with Gasteiger partial charge in [-0.25, -0.2) is 4.98 Å². The van der Waals surface area contributed by atoms with Crippen LogP contribution in [0.15, 0.2) is 36.5 Å². The normalized spacial score (nSPS) is 12.4. The predicted octanol–water partition coefficient (Wildman–Crippen LogP) is 2.68. The Morgan fingerprint density at radius 3 is 2.41 bits per heavy atom. The molecule has 2 amide bonds. The Bertz CT molecular complexity index is 866. The van der Waals surface area contributed by atoms with Crippen LogP contribution in [0.4, 0.5) is 13.2 Å². The molecule has 2 rings (SSSR count). The van der Waals surface area contributed by atoms with Gasteiger partial charge in [-0.05, 0) is 30.7 Å². The number of benzene rings is 1. The maximum absolute atomic E-state index is 12.8. The van der Waals surface area contributed by atoms with Crippen LogP contribution in [0.2, 0.25) is 0 Å². The van der Waals surface area contributed by atoms with Crippen LogP contribution < -0.4 is 5.32 Å². The molecular weight excluding hydrogens is 363 g/mol. The number of halogens is 3. The lowest BCUT2D eigenvalue weighted by molar-refractivity contribution is -0.137. The summed E-state index contributed by atoms with van der Waals surface area (Å²) in [5, 5.41) is 12.5. The number of likely N-dealkylation sites (N-methyl/N-ethyl adjacent to an activating group) is 1. The highest BCUT2D eigenvalue weighted by Crippen LogP contribution is 2.33. The number of nitrogens with one attached hydrogen (secondary N) is 1. The van der Waals surface area contributed by atoms with Gasteiger partial charge in [-0.2, -0.15) is 13.2 Å². The first-order chi connectivity index (χ1) is 12.5. The van der Waals surface area contributed by atoms with Crippen LogP contribution in [-0.4, -0.2) is 46.9 Å². The lowest BCUT2D eigenvalue weighted by Crippen LogP contribution is -2.44. The van der Waals surface area contributed by atoms with Gasteiger partial charge in [0, 0.05) is 25.9 Å². The van der Waals surface area contributed by atoms with Gasteiger partial charge in [-0.15, -0.1) is 0 Å². The standard InChI is InChI=1S/C18H18F3N3O3/c1-10(17(27)24(2)3)23-16(26)15-14(25)8-12(9-22-15)11-5-4-6-13(7-11)18(19,20)21/h4-10,25H,1-3H3,(H,23,26). The average molecular weight is 381 g/mol. The van der Waals surface area contributed by atoms with E-state index in [9.17, 15) is 27.9 Å². The molecule has 2 N–H and O–H groups in total. The fraction of sp³-hybridized carbons (Fsp3) is 0.278. The number of pyridine rings is 1. The third-order valence-electron chi connectivity index (χ3n) is 3.76. The van der Waals surface area contributed by atoms with E-state index in [1.54, 1.807) is 0 Å². The summed E-state index contributed by atoms with van der Waals surface area (Å²) in [6.45, 7) is 1.48. The number of carbonyl (C=O) groups excluding carboxylic acids is 2. The predicted molar refractivity (Wildman–Crippen MR) is 92.0 cm³/mol. The lowest BCUT2D eigenvalue weighted by Gasteiger charge is -2.18. The third kappa shape index (κ3) is 4.75. The molecule has 27 heavy (non-hydrogen) atoms. The molecule has 9 heteroatoms. The van der Waals surface area contributed by atoms with Gasteiger partial charge >= 0.3 is 6.18 Å². The maximum Gasteiger partial charge on any atom is 0.416 e. The highest BCUT2D eigenvalue weighted by atomic mass is 19.4. The Morgan fingerprint density at radius 1 is 1.19 bits per heavy atom. The highest BCUT2D eigenvalue weighted by molar-refractivity contribution is 5.98. The zero-order chi connectivity index (χ0) is 20.4. The summed E-state index contributed by atoms with van der Waals surface area (Å²) in [5.41, 5.74) is -0.759. The summed E-state index contributed by atoms with van der Waals surface area (Å²) in [5.74, 6) is -1.62. The second-order valence-corrected chi connectivity index (χ2v) is 6.10. The monoisotopic (exact) mass is 381 g/mol. The highest BCUT2D eigenvalue weighted by Gasteiger charge is 2.30. The summed E-state index contributed by atoms with van der Waals surface area (Å²) in [4.78, 5) is 29.1. The largest absolute Gasteiger partial charge is 0.505 e. The van der Waals surface area contributed by atoms with E-state index in [0.717, 1.165) is 18.2 Å². The molecule has 2 aromatic rings. The molecule has 1 aromatic heterocycles. The molecule has 0 aliphatic rings. The van der Waals surface area contributed by atoms with Crippen LogP contribution in [0, 0.1) is 0 Å². The van der Waals surface area contributed by atoms with Crippen molar-refractivity contribution in [2.75, 3.05) is 14.1 Å². The van der Waals surface area contributed by atoms with Gasteiger partial charge in [0.1, 0.15) is 11.8 Å². The number of amides is 2. The molecule has 0 aliphatic carbocycles. The first kappa shape index (κ1) is 20.2. The van der Waals surface area contributed by atoms with Gasteiger partial charge in [-0.3, -0.25) is 9.59 Å². The second kappa shape index (κ2) is 7.65. The number of alkyl halides is 3. The van der Waals surface area contributed by atoms with Crippen molar-refractivity contribution >= 4 is 11.8 Å². The Hall–Kier alpha value is -3.10. The summed E-state index contributed by atoms with van der Waals surface area (Å²) >= 11 is 0. The fourth-order valence-corrected chi connectivity index (χ4v) is 2.38. The minimum atomic E-state index is -4.50. The Labute approximate surface area is 153 Å². The zero-order valence-corrected chi connectivity index (χ0v) is 14.8. The van der Waals surface area contributed by atoms with Crippen LogP contribution in [0.5, 0.6) is 5.75 Å². The Morgan fingerprint density at radius 2 is 1.85 bits per heavy atom. The van der Waals surface area contributed by atoms with Crippen molar-refractivity contribution < 1.29 is 27.9 Å². The molecule has 144 valence electrons. The molecule has 0 saturated heterocycles. The van der Waals surface area contributed by atoms with Crippen molar-refractivity contribution in [3.8, 4) is 16.9 Å². The number of hydrogen-bond acceptors (Lipinski definition) is 4. The summed E-state index contributed by atoms with van der Waals surface area (Å²) in [7, 11) is 3.06. The van der Waals surface area contributed by atoms with Crippen LogP contribution in [-0.2, 0) is 11.0 Å². The van der Waals surface area contributed by atoms with Crippen LogP contribution in [0.3, 0.4) is 0 Å². The number of aromatic hydroxyl groups is 1. The first-order valence-corrected chi connectivity index (χ1v) is 7.89. The van der Waals surface area contributed by atoms with Gasteiger partial charge in [0.2, 0.25) is 5.91 Å². The van der Waals surface area contributed by atoms with E-state index in [0.29, 0.717) is 0 Å². The van der Waals surface area contributed by atoms with Gasteiger partial charge in [0.25, 0.3) is 5.91 Å². The average Bonchev–Trinajstić information content (AvgIpc) is 2.60. The topological polar surface area (TPSA) is 82.5 Å². The summed E-state index contributed by atoms with van der Waals surface area (Å²) < 4.78 is 38.5. The number of rotatable bonds is 4. The van der Waals surface area contributed by atoms with Crippen LogP contribution in [0.1, 0.15) is 23.0 Å². The van der Waals surface area contributed by atoms with Crippen molar-refractivity contribution in [3.05, 3.63) is 47.8 Å². The molecule has 0 saturated carbocycles. The Kier molecular flexibility index (Phi) is 5.72. The molecule has 6 nitrogen and oxygen atoms in total. The minimum Gasteiger partial charge on any atom is -0.505 e. The second-order valence-electron chi connectivity index (χ2n) is 6.10. The molecule has 0 radical (unpaired) electrons. The molecule has 1 aromatic carbocycles. The molecule has 1 unspecified atom stereocenters. The first-order valence-electron chi connectivity index (χ1n) is 7.89. The van der Waals surface area contributed by atoms with Crippen molar-refractivity contribution in [2.24, 2.45) is 0 Å². The number of carbonyl (C=O) groups is 2. The van der Waals surface area contributed by atoms with E-state index in [1.807, 2.05) is 0 Å². The third-order valence-corrected chi connectivity index (χ3v) is 3.76. The molecule has 0 fully saturated rings. The van der Waals surface area contributed by atoms with Gasteiger partial charge in [-0.1, -0.05) is 12.1 Å². The molecular formula is C18H18F3N3O3. The van der Waals surface area contributed by atoms with E-state index in [-0.39, 0.29) is 22.7 Å². The fourth-order valence-electron chi connectivity index (χ4n) is 2.38.